The molecule has 1 saturated heterocycles. The summed E-state index contributed by atoms with van der Waals surface area (Å²) in [5.74, 6) is 0. The highest BCUT2D eigenvalue weighted by atomic mass is 16.5. The van der Waals surface area contributed by atoms with Gasteiger partial charge in [-0.15, -0.1) is 0 Å². The van der Waals surface area contributed by atoms with Gasteiger partial charge in [0.2, 0.25) is 0 Å². The second-order valence-corrected chi connectivity index (χ2v) is 6.62. The predicted molar refractivity (Wildman–Crippen MR) is 91.8 cm³/mol. The minimum Gasteiger partial charge on any atom is -0.448 e. The van der Waals surface area contributed by atoms with Crippen LogP contribution in [-0.4, -0.2) is 59.7 Å². The Morgan fingerprint density at radius 3 is 3.04 bits per heavy atom. The number of carbonyl (C=O) groups is 1. The second-order valence-electron chi connectivity index (χ2n) is 6.62. The van der Waals surface area contributed by atoms with Crippen molar-refractivity contribution in [3.63, 3.8) is 0 Å². The second kappa shape index (κ2) is 9.64. The number of nitrogens with zero attached hydrogens (tertiary/aromatic N) is 3. The van der Waals surface area contributed by atoms with E-state index in [4.69, 9.17) is 9.47 Å². The normalized spacial score (nSPS) is 18.8. The van der Waals surface area contributed by atoms with Gasteiger partial charge in [0, 0.05) is 37.5 Å². The molecule has 1 amide bonds. The lowest BCUT2D eigenvalue weighted by Gasteiger charge is -2.35. The quantitative estimate of drug-likeness (QED) is 0.785. The molecule has 7 heteroatoms. The van der Waals surface area contributed by atoms with E-state index >= 15 is 0 Å². The van der Waals surface area contributed by atoms with Gasteiger partial charge in [-0.3, -0.25) is 9.58 Å². The summed E-state index contributed by atoms with van der Waals surface area (Å²) in [5, 5.41) is 7.13. The fourth-order valence-corrected chi connectivity index (χ4v) is 2.94. The van der Waals surface area contributed by atoms with E-state index in [1.54, 1.807) is 7.11 Å². The number of rotatable bonds is 8. The Hall–Kier alpha value is -1.60. The Morgan fingerprint density at radius 1 is 1.46 bits per heavy atom. The Morgan fingerprint density at radius 2 is 2.29 bits per heavy atom. The number of amides is 1. The molecule has 0 bridgehead atoms. The molecule has 1 atom stereocenters. The molecule has 1 aromatic heterocycles. The van der Waals surface area contributed by atoms with E-state index in [1.807, 2.05) is 24.7 Å². The molecule has 24 heavy (non-hydrogen) atoms. The summed E-state index contributed by atoms with van der Waals surface area (Å²) in [4.78, 5) is 14.1. The SMILES string of the molecule is COCCn1cc(CN2CCCCC2COC(=O)NC(C)C)cn1. The number of hydrogen-bond donors (Lipinski definition) is 1. The van der Waals surface area contributed by atoms with E-state index in [2.05, 4.69) is 21.5 Å². The van der Waals surface area contributed by atoms with Crippen molar-refractivity contribution in [2.24, 2.45) is 0 Å². The molecule has 136 valence electrons. The summed E-state index contributed by atoms with van der Waals surface area (Å²) in [6.45, 7) is 7.59. The first kappa shape index (κ1) is 18.7. The van der Waals surface area contributed by atoms with Crippen molar-refractivity contribution in [3.05, 3.63) is 18.0 Å². The van der Waals surface area contributed by atoms with Crippen LogP contribution in [0.25, 0.3) is 0 Å². The summed E-state index contributed by atoms with van der Waals surface area (Å²) in [6.07, 6.45) is 7.08. The molecule has 2 heterocycles. The molecule has 0 saturated carbocycles. The van der Waals surface area contributed by atoms with Gasteiger partial charge in [0.25, 0.3) is 0 Å². The Kier molecular flexibility index (Phi) is 7.52. The Balaban J connectivity index is 1.84. The third-order valence-electron chi connectivity index (χ3n) is 4.16. The van der Waals surface area contributed by atoms with E-state index in [0.717, 1.165) is 26.1 Å². The van der Waals surface area contributed by atoms with Gasteiger partial charge in [-0.25, -0.2) is 4.79 Å². The smallest absolute Gasteiger partial charge is 0.407 e. The molecular weight excluding hydrogens is 308 g/mol. The molecule has 2 rings (SSSR count). The van der Waals surface area contributed by atoms with Crippen molar-refractivity contribution in [1.82, 2.24) is 20.0 Å². The molecule has 1 unspecified atom stereocenters. The summed E-state index contributed by atoms with van der Waals surface area (Å²) in [7, 11) is 1.69. The van der Waals surface area contributed by atoms with E-state index in [9.17, 15) is 4.79 Å². The molecule has 1 N–H and O–H groups in total. The molecule has 7 nitrogen and oxygen atoms in total. The van der Waals surface area contributed by atoms with Crippen LogP contribution in [0.15, 0.2) is 12.4 Å². The van der Waals surface area contributed by atoms with Crippen LogP contribution in [-0.2, 0) is 22.6 Å². The molecule has 1 aromatic rings. The van der Waals surface area contributed by atoms with Gasteiger partial charge in [-0.2, -0.15) is 5.10 Å². The molecule has 1 aliphatic heterocycles. The zero-order valence-electron chi connectivity index (χ0n) is 15.0. The number of methoxy groups -OCH3 is 1. The van der Waals surface area contributed by atoms with Crippen molar-refractivity contribution in [3.8, 4) is 0 Å². The molecule has 1 aliphatic rings. The topological polar surface area (TPSA) is 68.6 Å². The maximum Gasteiger partial charge on any atom is 0.407 e. The zero-order chi connectivity index (χ0) is 17.4. The van der Waals surface area contributed by atoms with E-state index in [0.29, 0.717) is 13.2 Å². The highest BCUT2D eigenvalue weighted by Crippen LogP contribution is 2.20. The summed E-state index contributed by atoms with van der Waals surface area (Å²) < 4.78 is 12.4. The average Bonchev–Trinajstić information content (AvgIpc) is 2.99. The maximum atomic E-state index is 11.7. The summed E-state index contributed by atoms with van der Waals surface area (Å²) >= 11 is 0. The van der Waals surface area contributed by atoms with Crippen molar-refractivity contribution in [1.29, 1.82) is 0 Å². The van der Waals surface area contributed by atoms with Crippen LogP contribution in [0.2, 0.25) is 0 Å². The molecule has 0 spiro atoms. The molecule has 0 aliphatic carbocycles. The van der Waals surface area contributed by atoms with E-state index < -0.39 is 0 Å². The van der Waals surface area contributed by atoms with E-state index in [1.165, 1.54) is 18.4 Å². The summed E-state index contributed by atoms with van der Waals surface area (Å²) in [5.41, 5.74) is 1.18. The number of ether oxygens (including phenoxy) is 2. The Labute approximate surface area is 144 Å². The molecule has 1 fully saturated rings. The van der Waals surface area contributed by atoms with Gasteiger partial charge >= 0.3 is 6.09 Å². The van der Waals surface area contributed by atoms with E-state index in [-0.39, 0.29) is 18.2 Å². The standard InChI is InChI=1S/C17H30N4O3/c1-14(2)19-17(22)24-13-16-6-4-5-7-20(16)11-15-10-18-21(12-15)8-9-23-3/h10,12,14,16H,4-9,11,13H2,1-3H3,(H,19,22). The lowest BCUT2D eigenvalue weighted by atomic mass is 10.0. The average molecular weight is 338 g/mol. The first-order valence-electron chi connectivity index (χ1n) is 8.76. The number of carbonyl (C=O) groups excluding carboxylic acids is 1. The van der Waals surface area contributed by atoms with Crippen molar-refractivity contribution in [2.45, 2.75) is 58.3 Å². The van der Waals surface area contributed by atoms with Crippen molar-refractivity contribution >= 4 is 6.09 Å². The predicted octanol–water partition coefficient (Wildman–Crippen LogP) is 2.02. The first-order chi connectivity index (χ1) is 11.6. The van der Waals surface area contributed by atoms with Gasteiger partial charge in [-0.1, -0.05) is 6.42 Å². The number of piperidine rings is 1. The van der Waals surface area contributed by atoms with Crippen LogP contribution in [0.5, 0.6) is 0 Å². The largest absolute Gasteiger partial charge is 0.448 e. The molecular formula is C17H30N4O3. The van der Waals surface area contributed by atoms with Crippen molar-refractivity contribution in [2.75, 3.05) is 26.9 Å². The highest BCUT2D eigenvalue weighted by molar-refractivity contribution is 5.67. The van der Waals surface area contributed by atoms with Crippen LogP contribution >= 0.6 is 0 Å². The van der Waals surface area contributed by atoms with Gasteiger partial charge in [-0.05, 0) is 33.2 Å². The number of aromatic nitrogens is 2. The van der Waals surface area contributed by atoms with Crippen LogP contribution in [0, 0.1) is 0 Å². The third kappa shape index (κ3) is 6.13. The summed E-state index contributed by atoms with van der Waals surface area (Å²) in [6, 6.07) is 0.372. The van der Waals surface area contributed by atoms with Crippen molar-refractivity contribution < 1.29 is 14.3 Å². The zero-order valence-corrected chi connectivity index (χ0v) is 15.0. The molecule has 0 aromatic carbocycles. The first-order valence-corrected chi connectivity index (χ1v) is 8.76. The number of nitrogens with one attached hydrogen (secondary N) is 1. The Bertz CT molecular complexity index is 504. The lowest BCUT2D eigenvalue weighted by molar-refractivity contribution is 0.0631. The third-order valence-corrected chi connectivity index (χ3v) is 4.16. The maximum absolute atomic E-state index is 11.7. The van der Waals surface area contributed by atoms with Gasteiger partial charge in [0.05, 0.1) is 19.3 Å². The van der Waals surface area contributed by atoms with Crippen LogP contribution in [0.4, 0.5) is 4.79 Å². The fraction of sp³-hybridized carbons (Fsp3) is 0.765. The highest BCUT2D eigenvalue weighted by Gasteiger charge is 2.24. The number of likely N-dealkylation sites (tertiary alicyclic amines) is 1. The van der Waals surface area contributed by atoms with Crippen LogP contribution < -0.4 is 5.32 Å². The number of alkyl carbamates (subject to hydrolysis) is 1. The fourth-order valence-electron chi connectivity index (χ4n) is 2.94. The minimum atomic E-state index is -0.331. The van der Waals surface area contributed by atoms with Gasteiger partial charge in [0.1, 0.15) is 6.61 Å². The monoisotopic (exact) mass is 338 g/mol. The van der Waals surface area contributed by atoms with Crippen LogP contribution in [0.3, 0.4) is 0 Å². The van der Waals surface area contributed by atoms with Gasteiger partial charge in [0.15, 0.2) is 0 Å². The van der Waals surface area contributed by atoms with Crippen LogP contribution in [0.1, 0.15) is 38.7 Å². The number of hydrogen-bond acceptors (Lipinski definition) is 5. The lowest BCUT2D eigenvalue weighted by Crippen LogP contribution is -2.43. The van der Waals surface area contributed by atoms with Gasteiger partial charge < -0.3 is 14.8 Å². The molecule has 0 radical (unpaired) electrons. The minimum absolute atomic E-state index is 0.0953.